The minimum Gasteiger partial charge on any atom is -0.393 e. The molecular weight excluding hydrogens is 294 g/mol. The Morgan fingerprint density at radius 3 is 2.65 bits per heavy atom. The topological polar surface area (TPSA) is 58.4 Å². The van der Waals surface area contributed by atoms with Crippen LogP contribution in [0.3, 0.4) is 0 Å². The second-order valence-corrected chi connectivity index (χ2v) is 5.90. The van der Waals surface area contributed by atoms with Crippen molar-refractivity contribution in [1.82, 2.24) is 4.90 Å². The minimum atomic E-state index is -0.192. The number of urea groups is 1. The van der Waals surface area contributed by atoms with Crippen molar-refractivity contribution in [2.45, 2.75) is 20.3 Å². The van der Waals surface area contributed by atoms with E-state index in [4.69, 9.17) is 29.6 Å². The molecule has 1 rings (SSSR count). The van der Waals surface area contributed by atoms with Crippen LogP contribution in [0.15, 0.2) is 24.3 Å². The zero-order chi connectivity index (χ0) is 15.1. The van der Waals surface area contributed by atoms with Crippen molar-refractivity contribution in [1.29, 1.82) is 0 Å². The van der Waals surface area contributed by atoms with Crippen molar-refractivity contribution in [2.75, 3.05) is 18.4 Å². The molecule has 0 heterocycles. The molecule has 0 aliphatic rings. The van der Waals surface area contributed by atoms with Crippen molar-refractivity contribution >= 4 is 40.5 Å². The van der Waals surface area contributed by atoms with Gasteiger partial charge in [-0.2, -0.15) is 0 Å². The third-order valence-corrected chi connectivity index (χ3v) is 3.15. The number of nitrogens with two attached hydrogens (primary N) is 1. The molecular formula is C14H20ClN3OS. The molecule has 1 aromatic carbocycles. The van der Waals surface area contributed by atoms with Crippen LogP contribution < -0.4 is 11.1 Å². The predicted molar refractivity (Wildman–Crippen MR) is 88.3 cm³/mol. The average molecular weight is 314 g/mol. The molecule has 1 aromatic rings. The Morgan fingerprint density at radius 1 is 1.45 bits per heavy atom. The largest absolute Gasteiger partial charge is 0.393 e. The van der Waals surface area contributed by atoms with Crippen LogP contribution in [0.4, 0.5) is 10.5 Å². The molecule has 6 heteroatoms. The molecule has 0 aliphatic heterocycles. The Bertz CT molecular complexity index is 479. The van der Waals surface area contributed by atoms with Gasteiger partial charge in [0.1, 0.15) is 0 Å². The molecule has 0 bridgehead atoms. The van der Waals surface area contributed by atoms with Gasteiger partial charge in [0.05, 0.1) is 15.7 Å². The second kappa shape index (κ2) is 8.07. The Kier molecular flexibility index (Phi) is 6.75. The van der Waals surface area contributed by atoms with E-state index >= 15 is 0 Å². The van der Waals surface area contributed by atoms with Gasteiger partial charge < -0.3 is 16.0 Å². The lowest BCUT2D eigenvalue weighted by atomic mass is 10.2. The lowest BCUT2D eigenvalue weighted by Gasteiger charge is -2.25. The molecule has 0 aromatic heterocycles. The Balaban J connectivity index is 2.72. The highest BCUT2D eigenvalue weighted by Gasteiger charge is 2.16. The summed E-state index contributed by atoms with van der Waals surface area (Å²) in [5.41, 5.74) is 6.10. The highest BCUT2D eigenvalue weighted by atomic mass is 35.5. The van der Waals surface area contributed by atoms with Gasteiger partial charge in [-0.15, -0.1) is 0 Å². The van der Waals surface area contributed by atoms with Gasteiger partial charge in [-0.1, -0.05) is 49.8 Å². The number of amides is 2. The van der Waals surface area contributed by atoms with Gasteiger partial charge in [-0.05, 0) is 18.1 Å². The number of nitrogens with zero attached hydrogens (tertiary/aromatic N) is 1. The SMILES string of the molecule is CC(C)CN(CCC(N)=S)C(=O)Nc1ccccc1Cl. The number of carbonyl (C=O) groups excluding carboxylic acids is 1. The third kappa shape index (κ3) is 5.75. The summed E-state index contributed by atoms with van der Waals surface area (Å²) in [6, 6.07) is 6.95. The highest BCUT2D eigenvalue weighted by Crippen LogP contribution is 2.21. The number of carbonyl (C=O) groups is 1. The standard InChI is InChI=1S/C14H20ClN3OS/c1-10(2)9-18(8-7-13(16)20)14(19)17-12-6-4-3-5-11(12)15/h3-6,10H,7-9H2,1-2H3,(H2,16,20)(H,17,19). The smallest absolute Gasteiger partial charge is 0.321 e. The zero-order valence-corrected chi connectivity index (χ0v) is 13.3. The molecule has 20 heavy (non-hydrogen) atoms. The van der Waals surface area contributed by atoms with E-state index in [1.54, 1.807) is 17.0 Å². The molecule has 2 amide bonds. The molecule has 0 radical (unpaired) electrons. The Labute approximate surface area is 130 Å². The fourth-order valence-corrected chi connectivity index (χ4v) is 1.99. The number of halogens is 1. The first-order chi connectivity index (χ1) is 9.40. The van der Waals surface area contributed by atoms with Crippen LogP contribution in [-0.2, 0) is 0 Å². The van der Waals surface area contributed by atoms with Crippen molar-refractivity contribution in [3.05, 3.63) is 29.3 Å². The molecule has 0 atom stereocenters. The van der Waals surface area contributed by atoms with E-state index < -0.39 is 0 Å². The molecule has 0 saturated heterocycles. The Morgan fingerprint density at radius 2 is 2.10 bits per heavy atom. The van der Waals surface area contributed by atoms with Gasteiger partial charge in [0.15, 0.2) is 0 Å². The summed E-state index contributed by atoms with van der Waals surface area (Å²) in [6.07, 6.45) is 0.512. The lowest BCUT2D eigenvalue weighted by molar-refractivity contribution is 0.206. The Hall–Kier alpha value is -1.33. The summed E-state index contributed by atoms with van der Waals surface area (Å²) in [4.78, 5) is 14.4. The fourth-order valence-electron chi connectivity index (χ4n) is 1.72. The maximum absolute atomic E-state index is 12.3. The van der Waals surface area contributed by atoms with Gasteiger partial charge in [-0.3, -0.25) is 0 Å². The molecule has 0 fully saturated rings. The number of anilines is 1. The van der Waals surface area contributed by atoms with Crippen LogP contribution in [0, 0.1) is 5.92 Å². The summed E-state index contributed by atoms with van der Waals surface area (Å²) in [5.74, 6) is 0.360. The monoisotopic (exact) mass is 313 g/mol. The number of benzene rings is 1. The molecule has 3 N–H and O–H groups in total. The summed E-state index contributed by atoms with van der Waals surface area (Å²) >= 11 is 10.9. The number of hydrogen-bond donors (Lipinski definition) is 2. The lowest BCUT2D eigenvalue weighted by Crippen LogP contribution is -2.39. The summed E-state index contributed by atoms with van der Waals surface area (Å²) < 4.78 is 0. The first-order valence-corrected chi connectivity index (χ1v) is 7.27. The number of thiocarbonyl (C=S) groups is 1. The van der Waals surface area contributed by atoms with E-state index in [9.17, 15) is 4.79 Å². The van der Waals surface area contributed by atoms with Gasteiger partial charge in [0.25, 0.3) is 0 Å². The number of rotatable bonds is 6. The molecule has 0 unspecified atom stereocenters. The number of para-hydroxylation sites is 1. The average Bonchev–Trinajstić information content (AvgIpc) is 2.36. The predicted octanol–water partition coefficient (Wildman–Crippen LogP) is 3.51. The third-order valence-electron chi connectivity index (χ3n) is 2.62. The fraction of sp³-hybridized carbons (Fsp3) is 0.429. The van der Waals surface area contributed by atoms with E-state index in [-0.39, 0.29) is 6.03 Å². The zero-order valence-electron chi connectivity index (χ0n) is 11.7. The van der Waals surface area contributed by atoms with Crippen molar-refractivity contribution in [3.63, 3.8) is 0 Å². The van der Waals surface area contributed by atoms with Crippen LogP contribution in [-0.4, -0.2) is 29.0 Å². The second-order valence-electron chi connectivity index (χ2n) is 4.97. The number of hydrogen-bond acceptors (Lipinski definition) is 2. The maximum atomic E-state index is 12.3. The van der Waals surface area contributed by atoms with Gasteiger partial charge >= 0.3 is 6.03 Å². The van der Waals surface area contributed by atoms with Crippen molar-refractivity contribution in [3.8, 4) is 0 Å². The molecule has 0 aliphatic carbocycles. The van der Waals surface area contributed by atoms with Crippen LogP contribution in [0.1, 0.15) is 20.3 Å². The van der Waals surface area contributed by atoms with Crippen molar-refractivity contribution in [2.24, 2.45) is 11.7 Å². The summed E-state index contributed by atoms with van der Waals surface area (Å²) in [5, 5.41) is 3.32. The highest BCUT2D eigenvalue weighted by molar-refractivity contribution is 7.80. The van der Waals surface area contributed by atoms with E-state index in [0.717, 1.165) is 0 Å². The van der Waals surface area contributed by atoms with E-state index in [0.29, 0.717) is 41.1 Å². The number of nitrogens with one attached hydrogen (secondary N) is 1. The first-order valence-electron chi connectivity index (χ1n) is 6.49. The van der Waals surface area contributed by atoms with Crippen molar-refractivity contribution < 1.29 is 4.79 Å². The van der Waals surface area contributed by atoms with Crippen LogP contribution in [0.5, 0.6) is 0 Å². The molecule has 0 saturated carbocycles. The van der Waals surface area contributed by atoms with Gasteiger partial charge in [-0.25, -0.2) is 4.79 Å². The normalized spacial score (nSPS) is 10.4. The summed E-state index contributed by atoms with van der Waals surface area (Å²) in [7, 11) is 0. The van der Waals surface area contributed by atoms with Crippen LogP contribution in [0.2, 0.25) is 5.02 Å². The van der Waals surface area contributed by atoms with E-state index in [1.807, 2.05) is 12.1 Å². The molecule has 110 valence electrons. The van der Waals surface area contributed by atoms with E-state index in [2.05, 4.69) is 19.2 Å². The van der Waals surface area contributed by atoms with E-state index in [1.165, 1.54) is 0 Å². The van der Waals surface area contributed by atoms with Gasteiger partial charge in [0.2, 0.25) is 0 Å². The maximum Gasteiger partial charge on any atom is 0.321 e. The molecule has 0 spiro atoms. The van der Waals surface area contributed by atoms with Crippen LogP contribution in [0.25, 0.3) is 0 Å². The molecule has 4 nitrogen and oxygen atoms in total. The minimum absolute atomic E-state index is 0.192. The quantitative estimate of drug-likeness (QED) is 0.790. The first kappa shape index (κ1) is 16.7. The van der Waals surface area contributed by atoms with Gasteiger partial charge in [0, 0.05) is 19.5 Å². The van der Waals surface area contributed by atoms with Crippen LogP contribution >= 0.6 is 23.8 Å². The summed E-state index contributed by atoms with van der Waals surface area (Å²) in [6.45, 7) is 5.25.